The van der Waals surface area contributed by atoms with Gasteiger partial charge in [0.2, 0.25) is 0 Å². The summed E-state index contributed by atoms with van der Waals surface area (Å²) in [5, 5.41) is 1.70. The van der Waals surface area contributed by atoms with Crippen molar-refractivity contribution < 1.29 is 14.3 Å². The number of carbonyl (C=O) groups is 1. The van der Waals surface area contributed by atoms with E-state index in [9.17, 15) is 14.4 Å². The molecule has 0 atom stereocenters. The Morgan fingerprint density at radius 1 is 0.914 bits per heavy atom. The number of rotatable bonds is 5. The molecular formula is C27H21N3O5. The summed E-state index contributed by atoms with van der Waals surface area (Å²) >= 11 is 0. The van der Waals surface area contributed by atoms with Crippen molar-refractivity contribution in [1.82, 2.24) is 15.0 Å². The minimum absolute atomic E-state index is 0.0515. The van der Waals surface area contributed by atoms with E-state index < -0.39 is 17.2 Å². The van der Waals surface area contributed by atoms with Crippen LogP contribution in [0.5, 0.6) is 5.75 Å². The number of pyridine rings is 1. The normalized spacial score (nSPS) is 11.0. The Hall–Kier alpha value is -4.72. The molecule has 0 fully saturated rings. The fourth-order valence-corrected chi connectivity index (χ4v) is 4.34. The summed E-state index contributed by atoms with van der Waals surface area (Å²) in [7, 11) is 1.52. The Morgan fingerprint density at radius 3 is 2.40 bits per heavy atom. The number of hydrogen-bond donors (Lipinski definition) is 2. The van der Waals surface area contributed by atoms with Crippen LogP contribution < -0.4 is 16.0 Å². The van der Waals surface area contributed by atoms with Gasteiger partial charge < -0.3 is 9.47 Å². The molecule has 5 rings (SSSR count). The first-order valence-corrected chi connectivity index (χ1v) is 11.0. The second-order valence-electron chi connectivity index (χ2n) is 7.79. The van der Waals surface area contributed by atoms with Crippen LogP contribution in [0.4, 0.5) is 0 Å². The molecule has 0 amide bonds. The molecule has 0 unspecified atom stereocenters. The number of aromatic amines is 2. The molecule has 174 valence electrons. The van der Waals surface area contributed by atoms with E-state index in [1.165, 1.54) is 7.11 Å². The van der Waals surface area contributed by atoms with Crippen molar-refractivity contribution in [3.8, 4) is 28.1 Å². The van der Waals surface area contributed by atoms with Gasteiger partial charge in [-0.25, -0.2) is 14.6 Å². The molecule has 0 spiro atoms. The molecule has 0 aliphatic carbocycles. The fourth-order valence-electron chi connectivity index (χ4n) is 4.34. The predicted octanol–water partition coefficient (Wildman–Crippen LogP) is 4.28. The lowest BCUT2D eigenvalue weighted by molar-refractivity contribution is 0.0528. The van der Waals surface area contributed by atoms with Crippen LogP contribution in [0.15, 0.2) is 76.3 Å². The van der Waals surface area contributed by atoms with E-state index in [1.54, 1.807) is 25.1 Å². The highest BCUT2D eigenvalue weighted by Crippen LogP contribution is 2.43. The fraction of sp³-hybridized carbons (Fsp3) is 0.111. The van der Waals surface area contributed by atoms with Gasteiger partial charge in [0.05, 0.1) is 30.4 Å². The number of carbonyl (C=O) groups excluding carboxylic acids is 1. The summed E-state index contributed by atoms with van der Waals surface area (Å²) in [4.78, 5) is 48.4. The van der Waals surface area contributed by atoms with Crippen LogP contribution in [0.25, 0.3) is 44.2 Å². The van der Waals surface area contributed by atoms with Gasteiger partial charge in [-0.05, 0) is 23.8 Å². The quantitative estimate of drug-likeness (QED) is 0.373. The zero-order chi connectivity index (χ0) is 24.5. The monoisotopic (exact) mass is 467 g/mol. The van der Waals surface area contributed by atoms with Crippen molar-refractivity contribution >= 4 is 27.8 Å². The number of nitrogens with zero attached hydrogens (tertiary/aromatic N) is 1. The maximum Gasteiger partial charge on any atom is 0.341 e. The lowest BCUT2D eigenvalue weighted by atomic mass is 9.89. The van der Waals surface area contributed by atoms with Crippen LogP contribution in [-0.4, -0.2) is 34.6 Å². The van der Waals surface area contributed by atoms with Crippen molar-refractivity contribution in [3.05, 3.63) is 93.1 Å². The van der Waals surface area contributed by atoms with Crippen molar-refractivity contribution in [3.63, 3.8) is 0 Å². The highest BCUT2D eigenvalue weighted by molar-refractivity contribution is 6.15. The van der Waals surface area contributed by atoms with Gasteiger partial charge in [0, 0.05) is 16.7 Å². The third-order valence-electron chi connectivity index (χ3n) is 5.77. The molecule has 0 bridgehead atoms. The van der Waals surface area contributed by atoms with Crippen molar-refractivity contribution in [1.29, 1.82) is 0 Å². The van der Waals surface area contributed by atoms with Crippen LogP contribution in [0.1, 0.15) is 17.3 Å². The Balaban J connectivity index is 2.09. The standard InChI is InChI=1S/C27H21N3O5/c1-3-35-26(32)21-20(19-17-12-8-7-9-15(17)13-14-18(19)34-2)22-24(29-27(33)30-25(22)31)28-23(21)16-10-5-4-6-11-16/h4-14H,3H2,1-2H3,(H2,28,29,30,31,33). The zero-order valence-electron chi connectivity index (χ0n) is 19.0. The molecule has 0 aliphatic heterocycles. The van der Waals surface area contributed by atoms with Crippen LogP contribution in [0, 0.1) is 0 Å². The van der Waals surface area contributed by atoms with Gasteiger partial charge >= 0.3 is 11.7 Å². The molecule has 2 heterocycles. The minimum Gasteiger partial charge on any atom is -0.496 e. The van der Waals surface area contributed by atoms with Crippen LogP contribution in [0.3, 0.4) is 0 Å². The maximum absolute atomic E-state index is 13.5. The smallest absolute Gasteiger partial charge is 0.341 e. The topological polar surface area (TPSA) is 114 Å². The predicted molar refractivity (Wildman–Crippen MR) is 134 cm³/mol. The molecular weight excluding hydrogens is 446 g/mol. The van der Waals surface area contributed by atoms with Gasteiger partial charge in [-0.15, -0.1) is 0 Å². The van der Waals surface area contributed by atoms with Crippen LogP contribution >= 0.6 is 0 Å². The molecule has 5 aromatic rings. The average Bonchev–Trinajstić information content (AvgIpc) is 2.87. The number of methoxy groups -OCH3 is 1. The molecule has 0 radical (unpaired) electrons. The number of fused-ring (bicyclic) bond motifs is 2. The van der Waals surface area contributed by atoms with Crippen molar-refractivity contribution in [2.75, 3.05) is 13.7 Å². The first kappa shape index (κ1) is 22.1. The first-order chi connectivity index (χ1) is 17.0. The van der Waals surface area contributed by atoms with Crippen LogP contribution in [0.2, 0.25) is 0 Å². The second-order valence-corrected chi connectivity index (χ2v) is 7.79. The van der Waals surface area contributed by atoms with Crippen molar-refractivity contribution in [2.24, 2.45) is 0 Å². The summed E-state index contributed by atoms with van der Waals surface area (Å²) in [5.74, 6) is -0.192. The third kappa shape index (κ3) is 3.74. The molecule has 0 saturated carbocycles. The van der Waals surface area contributed by atoms with Gasteiger partial charge in [-0.2, -0.15) is 0 Å². The third-order valence-corrected chi connectivity index (χ3v) is 5.77. The van der Waals surface area contributed by atoms with Gasteiger partial charge in [-0.3, -0.25) is 14.8 Å². The summed E-state index contributed by atoms with van der Waals surface area (Å²) in [6.45, 7) is 1.83. The highest BCUT2D eigenvalue weighted by atomic mass is 16.5. The Morgan fingerprint density at radius 2 is 1.66 bits per heavy atom. The molecule has 2 aromatic heterocycles. The molecule has 35 heavy (non-hydrogen) atoms. The second kappa shape index (κ2) is 8.90. The average molecular weight is 467 g/mol. The molecule has 3 aromatic carbocycles. The van der Waals surface area contributed by atoms with Crippen LogP contribution in [-0.2, 0) is 4.74 Å². The number of aromatic nitrogens is 3. The maximum atomic E-state index is 13.5. The number of esters is 1. The van der Waals surface area contributed by atoms with E-state index in [2.05, 4.69) is 15.0 Å². The number of nitrogens with one attached hydrogen (secondary N) is 2. The highest BCUT2D eigenvalue weighted by Gasteiger charge is 2.29. The Labute approximate surface area is 199 Å². The molecule has 0 saturated heterocycles. The minimum atomic E-state index is -0.700. The number of hydrogen-bond acceptors (Lipinski definition) is 6. The van der Waals surface area contributed by atoms with E-state index in [-0.39, 0.29) is 34.5 Å². The number of H-pyrrole nitrogens is 2. The zero-order valence-corrected chi connectivity index (χ0v) is 19.0. The van der Waals surface area contributed by atoms with E-state index in [4.69, 9.17) is 9.47 Å². The largest absolute Gasteiger partial charge is 0.496 e. The van der Waals surface area contributed by atoms with Gasteiger partial charge in [0.15, 0.2) is 0 Å². The van der Waals surface area contributed by atoms with E-state index >= 15 is 0 Å². The Bertz CT molecular complexity index is 1700. The molecule has 0 aliphatic rings. The molecule has 8 heteroatoms. The SMILES string of the molecule is CCOC(=O)c1c(-c2ccccc2)nc2[nH]c(=O)[nH]c(=O)c2c1-c1c(OC)ccc2ccccc12. The number of benzene rings is 3. The van der Waals surface area contributed by atoms with E-state index in [0.717, 1.165) is 10.8 Å². The summed E-state index contributed by atoms with van der Waals surface area (Å²) in [6, 6.07) is 20.3. The van der Waals surface area contributed by atoms with E-state index in [1.807, 2.05) is 48.5 Å². The van der Waals surface area contributed by atoms with E-state index in [0.29, 0.717) is 16.9 Å². The van der Waals surface area contributed by atoms with Gasteiger partial charge in [-0.1, -0.05) is 60.7 Å². The van der Waals surface area contributed by atoms with Crippen molar-refractivity contribution in [2.45, 2.75) is 6.92 Å². The lowest BCUT2D eigenvalue weighted by Gasteiger charge is -2.19. The number of ether oxygens (including phenoxy) is 2. The summed E-state index contributed by atoms with van der Waals surface area (Å²) < 4.78 is 11.2. The van der Waals surface area contributed by atoms with Gasteiger partial charge in [0.25, 0.3) is 5.56 Å². The lowest BCUT2D eigenvalue weighted by Crippen LogP contribution is -2.24. The van der Waals surface area contributed by atoms with Gasteiger partial charge in [0.1, 0.15) is 11.4 Å². The Kier molecular flexibility index (Phi) is 5.62. The first-order valence-electron chi connectivity index (χ1n) is 11.0. The molecule has 2 N–H and O–H groups in total. The summed E-state index contributed by atoms with van der Waals surface area (Å²) in [5.41, 5.74) is 0.490. The summed E-state index contributed by atoms with van der Waals surface area (Å²) in [6.07, 6.45) is 0. The molecule has 8 nitrogen and oxygen atoms in total.